The Morgan fingerprint density at radius 2 is 1.88 bits per heavy atom. The number of rotatable bonds is 3. The van der Waals surface area contributed by atoms with E-state index in [1.54, 1.807) is 37.3 Å². The van der Waals surface area contributed by atoms with E-state index in [4.69, 9.17) is 0 Å². The molecule has 0 unspecified atom stereocenters. The van der Waals surface area contributed by atoms with Crippen molar-refractivity contribution in [3.63, 3.8) is 0 Å². The highest BCUT2D eigenvalue weighted by molar-refractivity contribution is 7.15. The van der Waals surface area contributed by atoms with Gasteiger partial charge in [0.15, 0.2) is 5.69 Å². The largest absolute Gasteiger partial charge is 0.445 e. The SMILES string of the molecule is Cc1nnn(-c2ccccc2)c1C(=O)Nc1nnc(C(F)(F)F)s1. The molecule has 3 aromatic rings. The van der Waals surface area contributed by atoms with Crippen LogP contribution in [0.1, 0.15) is 21.2 Å². The molecule has 0 fully saturated rings. The highest BCUT2D eigenvalue weighted by atomic mass is 32.1. The van der Waals surface area contributed by atoms with Crippen LogP contribution in [0, 0.1) is 6.92 Å². The summed E-state index contributed by atoms with van der Waals surface area (Å²) in [4.78, 5) is 12.4. The van der Waals surface area contributed by atoms with Crippen LogP contribution in [-0.4, -0.2) is 31.1 Å². The summed E-state index contributed by atoms with van der Waals surface area (Å²) in [6.45, 7) is 1.57. The van der Waals surface area contributed by atoms with Crippen molar-refractivity contribution < 1.29 is 18.0 Å². The monoisotopic (exact) mass is 354 g/mol. The summed E-state index contributed by atoms with van der Waals surface area (Å²) in [5, 5.41) is 15.0. The summed E-state index contributed by atoms with van der Waals surface area (Å²) < 4.78 is 38.9. The number of nitrogens with one attached hydrogen (secondary N) is 1. The summed E-state index contributed by atoms with van der Waals surface area (Å²) in [7, 11) is 0. The number of para-hydroxylation sites is 1. The number of amides is 1. The van der Waals surface area contributed by atoms with Crippen molar-refractivity contribution in [3.05, 3.63) is 46.7 Å². The zero-order chi connectivity index (χ0) is 17.3. The molecule has 0 spiro atoms. The Balaban J connectivity index is 1.89. The fraction of sp³-hybridized carbons (Fsp3) is 0.154. The Hall–Kier alpha value is -2.82. The van der Waals surface area contributed by atoms with Crippen LogP contribution in [-0.2, 0) is 6.18 Å². The number of nitrogens with zero attached hydrogens (tertiary/aromatic N) is 5. The maximum atomic E-state index is 12.5. The Kier molecular flexibility index (Phi) is 4.01. The van der Waals surface area contributed by atoms with Crippen molar-refractivity contribution >= 4 is 22.4 Å². The van der Waals surface area contributed by atoms with Gasteiger partial charge in [-0.1, -0.05) is 34.7 Å². The first-order valence-electron chi connectivity index (χ1n) is 6.56. The van der Waals surface area contributed by atoms with E-state index in [9.17, 15) is 18.0 Å². The van der Waals surface area contributed by atoms with Gasteiger partial charge in [-0.15, -0.1) is 15.3 Å². The first kappa shape index (κ1) is 16.1. The number of alkyl halides is 3. The molecule has 0 saturated heterocycles. The molecule has 0 radical (unpaired) electrons. The van der Waals surface area contributed by atoms with Crippen LogP contribution in [0.5, 0.6) is 0 Å². The summed E-state index contributed by atoms with van der Waals surface area (Å²) in [6, 6.07) is 8.75. The molecule has 1 N–H and O–H groups in total. The van der Waals surface area contributed by atoms with E-state index in [1.165, 1.54) is 4.68 Å². The number of anilines is 1. The van der Waals surface area contributed by atoms with Gasteiger partial charge in [0.05, 0.1) is 11.4 Å². The summed E-state index contributed by atoms with van der Waals surface area (Å²) >= 11 is 0.244. The molecule has 0 aliphatic rings. The number of carbonyl (C=O) groups excluding carboxylic acids is 1. The molecule has 3 rings (SSSR count). The summed E-state index contributed by atoms with van der Waals surface area (Å²) in [5.41, 5.74) is 1.03. The average Bonchev–Trinajstić information content (AvgIpc) is 3.14. The molecule has 124 valence electrons. The van der Waals surface area contributed by atoms with Crippen molar-refractivity contribution in [2.45, 2.75) is 13.1 Å². The Morgan fingerprint density at radius 3 is 2.50 bits per heavy atom. The third-order valence-corrected chi connectivity index (χ3v) is 3.83. The third-order valence-electron chi connectivity index (χ3n) is 2.94. The lowest BCUT2D eigenvalue weighted by atomic mass is 10.3. The van der Waals surface area contributed by atoms with Gasteiger partial charge in [-0.05, 0) is 19.1 Å². The number of hydrogen-bond donors (Lipinski definition) is 1. The van der Waals surface area contributed by atoms with Gasteiger partial charge in [-0.3, -0.25) is 10.1 Å². The lowest BCUT2D eigenvalue weighted by Crippen LogP contribution is -2.18. The van der Waals surface area contributed by atoms with Crippen LogP contribution in [0.25, 0.3) is 5.69 Å². The normalized spacial score (nSPS) is 11.5. The van der Waals surface area contributed by atoms with E-state index >= 15 is 0 Å². The highest BCUT2D eigenvalue weighted by Crippen LogP contribution is 2.33. The van der Waals surface area contributed by atoms with Gasteiger partial charge >= 0.3 is 6.18 Å². The summed E-state index contributed by atoms with van der Waals surface area (Å²) in [6.07, 6.45) is -4.61. The molecular weight excluding hydrogens is 345 g/mol. The number of carbonyl (C=O) groups is 1. The Labute approximate surface area is 137 Å². The van der Waals surface area contributed by atoms with E-state index in [1.807, 2.05) is 0 Å². The minimum atomic E-state index is -4.61. The Morgan fingerprint density at radius 1 is 1.17 bits per heavy atom. The second kappa shape index (κ2) is 6.00. The lowest BCUT2D eigenvalue weighted by Gasteiger charge is -2.06. The average molecular weight is 354 g/mol. The smallest absolute Gasteiger partial charge is 0.295 e. The topological polar surface area (TPSA) is 85.6 Å². The fourth-order valence-corrected chi connectivity index (χ4v) is 2.52. The predicted octanol–water partition coefficient (Wildman–Crippen LogP) is 2.70. The van der Waals surface area contributed by atoms with Crippen molar-refractivity contribution in [1.29, 1.82) is 0 Å². The van der Waals surface area contributed by atoms with Crippen LogP contribution in [0.2, 0.25) is 0 Å². The van der Waals surface area contributed by atoms with Gasteiger partial charge in [0.25, 0.3) is 5.91 Å². The zero-order valence-electron chi connectivity index (χ0n) is 12.1. The van der Waals surface area contributed by atoms with Gasteiger partial charge in [0.2, 0.25) is 10.1 Å². The second-order valence-corrected chi connectivity index (χ2v) is 5.61. The molecule has 0 atom stereocenters. The molecular formula is C13H9F3N6OS. The highest BCUT2D eigenvalue weighted by Gasteiger charge is 2.36. The van der Waals surface area contributed by atoms with Crippen molar-refractivity contribution in [1.82, 2.24) is 25.2 Å². The van der Waals surface area contributed by atoms with Crippen molar-refractivity contribution in [3.8, 4) is 5.69 Å². The molecule has 11 heteroatoms. The number of halogens is 3. The molecule has 1 aromatic carbocycles. The maximum absolute atomic E-state index is 12.5. The van der Waals surface area contributed by atoms with Crippen molar-refractivity contribution in [2.75, 3.05) is 5.32 Å². The molecule has 7 nitrogen and oxygen atoms in total. The van der Waals surface area contributed by atoms with Crippen LogP contribution in [0.4, 0.5) is 18.3 Å². The zero-order valence-corrected chi connectivity index (χ0v) is 12.9. The number of benzene rings is 1. The van der Waals surface area contributed by atoms with Gasteiger partial charge in [0, 0.05) is 0 Å². The standard InChI is InChI=1S/C13H9F3N6OS/c1-7-9(22(21-18-7)8-5-3-2-4-6-8)10(23)17-12-20-19-11(24-12)13(14,15)16/h2-6H,1H3,(H,17,20,23). The van der Waals surface area contributed by atoms with E-state index < -0.39 is 17.1 Å². The van der Waals surface area contributed by atoms with E-state index in [0.29, 0.717) is 11.4 Å². The van der Waals surface area contributed by atoms with Crippen LogP contribution in [0.15, 0.2) is 30.3 Å². The number of hydrogen-bond acceptors (Lipinski definition) is 6. The number of aryl methyl sites for hydroxylation is 1. The first-order chi connectivity index (χ1) is 11.4. The minimum Gasteiger partial charge on any atom is -0.295 e. The van der Waals surface area contributed by atoms with Gasteiger partial charge in [0.1, 0.15) is 0 Å². The predicted molar refractivity (Wildman–Crippen MR) is 79.0 cm³/mol. The van der Waals surface area contributed by atoms with Crippen molar-refractivity contribution in [2.24, 2.45) is 0 Å². The molecule has 0 aliphatic heterocycles. The number of aromatic nitrogens is 5. The van der Waals surface area contributed by atoms with E-state index in [2.05, 4.69) is 25.8 Å². The molecule has 0 bridgehead atoms. The molecule has 0 aliphatic carbocycles. The third kappa shape index (κ3) is 3.11. The molecule has 2 aromatic heterocycles. The van der Waals surface area contributed by atoms with E-state index in [-0.39, 0.29) is 22.2 Å². The lowest BCUT2D eigenvalue weighted by molar-refractivity contribution is -0.138. The maximum Gasteiger partial charge on any atom is 0.445 e. The minimum absolute atomic E-state index is 0.102. The quantitative estimate of drug-likeness (QED) is 0.782. The van der Waals surface area contributed by atoms with Gasteiger partial charge in [-0.25, -0.2) is 4.68 Å². The van der Waals surface area contributed by atoms with E-state index in [0.717, 1.165) is 0 Å². The molecule has 0 saturated carbocycles. The fourth-order valence-electron chi connectivity index (χ4n) is 1.91. The molecule has 1 amide bonds. The van der Waals surface area contributed by atoms with Crippen LogP contribution < -0.4 is 5.32 Å². The van der Waals surface area contributed by atoms with Crippen LogP contribution in [0.3, 0.4) is 0 Å². The van der Waals surface area contributed by atoms with Gasteiger partial charge in [-0.2, -0.15) is 13.2 Å². The Bertz CT molecular complexity index is 873. The first-order valence-corrected chi connectivity index (χ1v) is 7.37. The second-order valence-electron chi connectivity index (χ2n) is 4.64. The molecule has 24 heavy (non-hydrogen) atoms. The summed E-state index contributed by atoms with van der Waals surface area (Å²) in [5.74, 6) is -0.675. The molecule has 2 heterocycles. The van der Waals surface area contributed by atoms with Crippen LogP contribution >= 0.6 is 11.3 Å². The van der Waals surface area contributed by atoms with Gasteiger partial charge < -0.3 is 0 Å².